The van der Waals surface area contributed by atoms with Crippen molar-refractivity contribution in [3.05, 3.63) is 0 Å². The number of unbranched alkanes of at least 4 members (excludes halogenated alkanes) is 10. The minimum absolute atomic E-state index is 0.258. The van der Waals surface area contributed by atoms with Crippen LogP contribution in [0.3, 0.4) is 0 Å². The second-order valence-electron chi connectivity index (χ2n) is 30.4. The Morgan fingerprint density at radius 2 is 0.658 bits per heavy atom. The first-order valence-corrected chi connectivity index (χ1v) is 35.9. The van der Waals surface area contributed by atoms with Crippen LogP contribution in [-0.2, 0) is 9.59 Å². The highest BCUT2D eigenvalue weighted by atomic mass is 16.1. The topological polar surface area (TPSA) is 40.6 Å². The molecule has 0 bridgehead atoms. The second kappa shape index (κ2) is 29.0. The lowest BCUT2D eigenvalue weighted by Crippen LogP contribution is -2.68. The van der Waals surface area contributed by atoms with E-state index in [4.69, 9.17) is 0 Å². The first kappa shape index (κ1) is 58.5. The molecule has 0 heterocycles. The minimum atomic E-state index is 0.258. The van der Waals surface area contributed by atoms with Crippen LogP contribution in [0.2, 0.25) is 0 Å². The fourth-order valence-electron chi connectivity index (χ4n) is 21.7. The molecule has 434 valence electrons. The molecule has 0 spiro atoms. The van der Waals surface area contributed by atoms with Gasteiger partial charge in [0, 0.05) is 59.9 Å². The molecule has 0 radical (unpaired) electrons. The summed E-state index contributed by atoms with van der Waals surface area (Å²) in [5.74, 6) is 10.1. The third kappa shape index (κ3) is 14.0. The Kier molecular flexibility index (Phi) is 22.3. The van der Waals surface area contributed by atoms with Crippen LogP contribution in [0.5, 0.6) is 0 Å². The maximum atomic E-state index is 15.8. The molecule has 10 unspecified atom stereocenters. The molecule has 4 nitrogen and oxygen atoms in total. The number of Topliss-reactive ketones (excluding diaryl/α,β-unsaturated/α-hetero) is 2. The molecule has 10 aliphatic rings. The van der Waals surface area contributed by atoms with Crippen LogP contribution in [0.4, 0.5) is 0 Å². The zero-order valence-electron chi connectivity index (χ0n) is 50.8. The average Bonchev–Trinajstić information content (AvgIpc) is 3.60. The summed E-state index contributed by atoms with van der Waals surface area (Å²) >= 11 is 0. The number of carbonyl (C=O) groups is 2. The van der Waals surface area contributed by atoms with Gasteiger partial charge < -0.3 is 0 Å². The van der Waals surface area contributed by atoms with Crippen LogP contribution >= 0.6 is 0 Å². The molecule has 0 aromatic carbocycles. The largest absolute Gasteiger partial charge is 0.299 e. The summed E-state index contributed by atoms with van der Waals surface area (Å²) in [6.45, 7) is 9.80. The maximum absolute atomic E-state index is 15.8. The quantitative estimate of drug-likeness (QED) is 0.0904. The van der Waals surface area contributed by atoms with Gasteiger partial charge in [-0.05, 0) is 226 Å². The molecule has 10 aliphatic carbocycles. The van der Waals surface area contributed by atoms with E-state index in [-0.39, 0.29) is 11.8 Å². The highest BCUT2D eigenvalue weighted by molar-refractivity contribution is 5.85. The van der Waals surface area contributed by atoms with E-state index >= 15 is 9.59 Å². The lowest BCUT2D eigenvalue weighted by molar-refractivity contribution is -0.185. The molecule has 10 atom stereocenters. The van der Waals surface area contributed by atoms with Gasteiger partial charge in [0.05, 0.1) is 0 Å². The molecule has 0 aromatic rings. The van der Waals surface area contributed by atoms with E-state index in [9.17, 15) is 0 Å². The van der Waals surface area contributed by atoms with Crippen molar-refractivity contribution in [2.24, 2.45) is 82.9 Å². The molecule has 4 heteroatoms. The van der Waals surface area contributed by atoms with Gasteiger partial charge in [-0.2, -0.15) is 0 Å². The summed E-state index contributed by atoms with van der Waals surface area (Å²) in [4.78, 5) is 38.4. The summed E-state index contributed by atoms with van der Waals surface area (Å²) in [6, 6.07) is 3.98. The van der Waals surface area contributed by atoms with Gasteiger partial charge >= 0.3 is 0 Å². The van der Waals surface area contributed by atoms with Gasteiger partial charge in [0.15, 0.2) is 0 Å². The summed E-state index contributed by atoms with van der Waals surface area (Å²) in [6.07, 6.45) is 62.8. The normalized spacial score (nSPS) is 40.7. The molecular weight excluding hydrogens is 925 g/mol. The van der Waals surface area contributed by atoms with Gasteiger partial charge in [0.1, 0.15) is 11.6 Å². The molecule has 0 aliphatic heterocycles. The predicted molar refractivity (Wildman–Crippen MR) is 320 cm³/mol. The fourth-order valence-corrected chi connectivity index (χ4v) is 21.7. The van der Waals surface area contributed by atoms with Crippen LogP contribution in [0.25, 0.3) is 0 Å². The Bertz CT molecular complexity index is 1580. The average molecular weight is 1050 g/mol. The van der Waals surface area contributed by atoms with E-state index in [1.54, 1.807) is 0 Å². The number of carbonyl (C=O) groups excluding carboxylic acids is 2. The zero-order valence-corrected chi connectivity index (χ0v) is 50.8. The van der Waals surface area contributed by atoms with Crippen molar-refractivity contribution < 1.29 is 9.59 Å². The third-order valence-corrected chi connectivity index (χ3v) is 25.8. The second-order valence-corrected chi connectivity index (χ2v) is 30.4. The Morgan fingerprint density at radius 1 is 0.342 bits per heavy atom. The molecule has 0 aromatic heterocycles. The highest BCUT2D eigenvalue weighted by Gasteiger charge is 2.64. The predicted octanol–water partition coefficient (Wildman–Crippen LogP) is 19.7. The lowest BCUT2D eigenvalue weighted by Gasteiger charge is -2.67. The van der Waals surface area contributed by atoms with Crippen molar-refractivity contribution in [3.8, 4) is 0 Å². The molecule has 76 heavy (non-hydrogen) atoms. The molecule has 0 N–H and O–H groups in total. The van der Waals surface area contributed by atoms with Gasteiger partial charge in [0.25, 0.3) is 0 Å². The van der Waals surface area contributed by atoms with Gasteiger partial charge in [-0.3, -0.25) is 19.4 Å². The van der Waals surface area contributed by atoms with Crippen molar-refractivity contribution in [1.82, 2.24) is 9.80 Å². The lowest BCUT2D eigenvalue weighted by atomic mass is 9.42. The Morgan fingerprint density at radius 3 is 1.01 bits per heavy atom. The van der Waals surface area contributed by atoms with Crippen LogP contribution in [0.1, 0.15) is 323 Å². The van der Waals surface area contributed by atoms with E-state index < -0.39 is 0 Å². The van der Waals surface area contributed by atoms with Crippen LogP contribution in [0.15, 0.2) is 0 Å². The number of hydrogen-bond donors (Lipinski definition) is 0. The van der Waals surface area contributed by atoms with Crippen molar-refractivity contribution in [3.63, 3.8) is 0 Å². The van der Waals surface area contributed by atoms with Gasteiger partial charge in [0.2, 0.25) is 0 Å². The van der Waals surface area contributed by atoms with Crippen molar-refractivity contribution in [2.75, 3.05) is 0 Å². The summed E-state index contributed by atoms with van der Waals surface area (Å²) in [5.41, 5.74) is 0. The van der Waals surface area contributed by atoms with Crippen LogP contribution in [0, 0.1) is 82.9 Å². The number of nitrogens with zero attached hydrogens (tertiary/aromatic N) is 2. The van der Waals surface area contributed by atoms with E-state index in [1.165, 1.54) is 295 Å². The third-order valence-electron chi connectivity index (χ3n) is 25.8. The smallest absolute Gasteiger partial charge is 0.139 e. The van der Waals surface area contributed by atoms with E-state index in [0.29, 0.717) is 71.8 Å². The summed E-state index contributed by atoms with van der Waals surface area (Å²) in [7, 11) is 0. The van der Waals surface area contributed by atoms with Crippen molar-refractivity contribution in [2.45, 2.75) is 359 Å². The van der Waals surface area contributed by atoms with E-state index in [0.717, 1.165) is 47.1 Å². The highest BCUT2D eigenvalue weighted by Crippen LogP contribution is 2.65. The van der Waals surface area contributed by atoms with E-state index in [1.807, 2.05) is 0 Å². The molecule has 10 fully saturated rings. The molecular formula is C72H124N2O2. The molecule has 10 saturated carbocycles. The number of rotatable bonds is 24. The Labute approximate surface area is 470 Å². The van der Waals surface area contributed by atoms with Gasteiger partial charge in [-0.25, -0.2) is 0 Å². The van der Waals surface area contributed by atoms with Crippen molar-refractivity contribution in [1.29, 1.82) is 0 Å². The van der Waals surface area contributed by atoms with Gasteiger partial charge in [-0.1, -0.05) is 156 Å². The number of hydrogen-bond acceptors (Lipinski definition) is 4. The maximum Gasteiger partial charge on any atom is 0.139 e. The Hall–Kier alpha value is -0.740. The first-order valence-electron chi connectivity index (χ1n) is 35.9. The molecule has 0 saturated heterocycles. The molecule has 10 rings (SSSR count). The van der Waals surface area contributed by atoms with E-state index in [2.05, 4.69) is 37.5 Å². The SMILES string of the molecule is CCCCCCCCC1CCC(N(C2CCC(C)CC2)C2CC(C(=O)C3CCCCC3)C3CCC4C5C(CCC2C35)C(C(=O)C2CCCCC2)CC4N(C2CCC(C)CC2)C2CCC(CCCCCCCC)CC2)CC1. The van der Waals surface area contributed by atoms with Crippen LogP contribution in [-0.4, -0.2) is 57.6 Å². The zero-order chi connectivity index (χ0) is 52.4. The van der Waals surface area contributed by atoms with Gasteiger partial charge in [-0.15, -0.1) is 0 Å². The minimum Gasteiger partial charge on any atom is -0.299 e. The summed E-state index contributed by atoms with van der Waals surface area (Å²) < 4.78 is 0. The monoisotopic (exact) mass is 1050 g/mol. The summed E-state index contributed by atoms with van der Waals surface area (Å²) in [5, 5.41) is 0. The molecule has 0 amide bonds. The Balaban J connectivity index is 0.974. The standard InChI is InChI=1S/C72H124N2O2/c1-5-7-9-11-13-17-23-53-33-41-59(42-34-53)73(57-37-29-51(3)30-38-57)67-49-65(71(75)55-25-19-15-20-26-55)61-46-48-64-68(50-66(72(76)56-27-21-16-22-28-56)62-45-47-63(67)69(61)70(62)64)74(58-39-31-52(4)32-40-58)60-43-35-54(36-44-60)24-18-14-12-10-8-6-2/h51-70H,5-50H2,1-4H3. The first-order chi connectivity index (χ1) is 37.3. The fraction of sp³-hybridized carbons (Fsp3) is 0.972. The van der Waals surface area contributed by atoms with Crippen LogP contribution < -0.4 is 0 Å². The van der Waals surface area contributed by atoms with Crippen molar-refractivity contribution >= 4 is 11.6 Å². The number of ketones is 2.